The zero-order valence-corrected chi connectivity index (χ0v) is 13.2. The second-order valence-corrected chi connectivity index (χ2v) is 5.77. The number of quaternary nitrogens is 1. The molecule has 0 aliphatic rings. The number of carboxylic acid groups (broad SMARTS) is 1. The Labute approximate surface area is 127 Å². The minimum absolute atomic E-state index is 0.102. The van der Waals surface area contributed by atoms with Crippen LogP contribution in [0.25, 0.3) is 0 Å². The van der Waals surface area contributed by atoms with Gasteiger partial charge in [-0.05, 0) is 6.42 Å². The van der Waals surface area contributed by atoms with E-state index < -0.39 is 12.1 Å². The number of aliphatic hydroxyl groups excluding tert-OH is 3. The average Bonchev–Trinajstić information content (AvgIpc) is 2.42. The lowest BCUT2D eigenvalue weighted by Crippen LogP contribution is -2.56. The molecule has 0 saturated carbocycles. The minimum atomic E-state index is -1.15. The average molecular weight is 305 g/mol. The summed E-state index contributed by atoms with van der Waals surface area (Å²) in [7, 11) is 0. The van der Waals surface area contributed by atoms with E-state index in [9.17, 15) is 25.2 Å². The number of carbonyl (C=O) groups is 1. The Morgan fingerprint density at radius 2 is 1.71 bits per heavy atom. The molecule has 0 fully saturated rings. The normalized spacial score (nSPS) is 13.3. The topological polar surface area (TPSA) is 101 Å². The summed E-state index contributed by atoms with van der Waals surface area (Å²) in [5.74, 6) is -1.15. The summed E-state index contributed by atoms with van der Waals surface area (Å²) in [6.07, 6.45) is 4.29. The van der Waals surface area contributed by atoms with Crippen molar-refractivity contribution in [2.75, 3.05) is 39.4 Å². The van der Waals surface area contributed by atoms with Crippen LogP contribution in [0.2, 0.25) is 0 Å². The van der Waals surface area contributed by atoms with Crippen molar-refractivity contribution in [1.29, 1.82) is 0 Å². The van der Waals surface area contributed by atoms with Crippen molar-refractivity contribution in [1.82, 2.24) is 0 Å². The van der Waals surface area contributed by atoms with Crippen molar-refractivity contribution in [3.8, 4) is 0 Å². The van der Waals surface area contributed by atoms with Crippen LogP contribution in [0.3, 0.4) is 0 Å². The van der Waals surface area contributed by atoms with E-state index >= 15 is 0 Å². The molecular formula is C15H31NO5. The first-order valence-corrected chi connectivity index (χ1v) is 7.94. The molecule has 0 heterocycles. The Bertz CT molecular complexity index is 267. The first-order chi connectivity index (χ1) is 9.99. The van der Waals surface area contributed by atoms with Crippen LogP contribution >= 0.6 is 0 Å². The highest BCUT2D eigenvalue weighted by molar-refractivity contribution is 5.64. The second kappa shape index (κ2) is 11.9. The fourth-order valence-electron chi connectivity index (χ4n) is 2.71. The SMILES string of the molecule is CCCCCCC(O)C[N+](CCO)(CCO)CCC(=O)[O-]. The molecule has 0 radical (unpaired) electrons. The molecule has 0 aromatic carbocycles. The van der Waals surface area contributed by atoms with Crippen LogP contribution in [-0.4, -0.2) is 71.3 Å². The number of nitrogens with zero attached hydrogens (tertiary/aromatic N) is 1. The molecule has 0 saturated heterocycles. The summed E-state index contributed by atoms with van der Waals surface area (Å²) >= 11 is 0. The van der Waals surface area contributed by atoms with Gasteiger partial charge in [0.1, 0.15) is 25.7 Å². The third kappa shape index (κ3) is 9.79. The van der Waals surface area contributed by atoms with E-state index in [0.717, 1.165) is 25.7 Å². The molecule has 0 rings (SSSR count). The van der Waals surface area contributed by atoms with E-state index in [1.54, 1.807) is 0 Å². The molecular weight excluding hydrogens is 274 g/mol. The molecule has 3 N–H and O–H groups in total. The molecule has 0 aliphatic carbocycles. The van der Waals surface area contributed by atoms with Crippen LogP contribution < -0.4 is 5.11 Å². The van der Waals surface area contributed by atoms with Gasteiger partial charge in [-0.1, -0.05) is 32.6 Å². The van der Waals surface area contributed by atoms with E-state index in [2.05, 4.69) is 6.92 Å². The van der Waals surface area contributed by atoms with E-state index in [1.165, 1.54) is 0 Å². The Hall–Kier alpha value is -0.690. The molecule has 126 valence electrons. The van der Waals surface area contributed by atoms with Crippen molar-refractivity contribution in [2.45, 2.75) is 51.6 Å². The van der Waals surface area contributed by atoms with Crippen molar-refractivity contribution < 1.29 is 29.7 Å². The fourth-order valence-corrected chi connectivity index (χ4v) is 2.71. The molecule has 6 nitrogen and oxygen atoms in total. The van der Waals surface area contributed by atoms with Crippen LogP contribution in [-0.2, 0) is 4.79 Å². The largest absolute Gasteiger partial charge is 0.550 e. The van der Waals surface area contributed by atoms with Gasteiger partial charge >= 0.3 is 0 Å². The molecule has 0 bridgehead atoms. The summed E-state index contributed by atoms with van der Waals surface area (Å²) in [4.78, 5) is 10.7. The van der Waals surface area contributed by atoms with Crippen LogP contribution in [0, 0.1) is 0 Å². The number of aliphatic carboxylic acids is 1. The van der Waals surface area contributed by atoms with Crippen molar-refractivity contribution >= 4 is 5.97 Å². The molecule has 6 heteroatoms. The predicted octanol–water partition coefficient (Wildman–Crippen LogP) is -0.741. The van der Waals surface area contributed by atoms with E-state index in [-0.39, 0.29) is 30.7 Å². The maximum absolute atomic E-state index is 10.7. The number of aliphatic hydroxyl groups is 3. The second-order valence-electron chi connectivity index (χ2n) is 5.77. The van der Waals surface area contributed by atoms with Gasteiger partial charge in [-0.15, -0.1) is 0 Å². The lowest BCUT2D eigenvalue weighted by molar-refractivity contribution is -0.931. The molecule has 0 aliphatic heterocycles. The Morgan fingerprint density at radius 3 is 2.19 bits per heavy atom. The van der Waals surface area contributed by atoms with E-state index in [1.807, 2.05) is 0 Å². The number of rotatable bonds is 14. The number of hydrogen-bond acceptors (Lipinski definition) is 5. The number of carbonyl (C=O) groups excluding carboxylic acids is 1. The molecule has 1 atom stereocenters. The summed E-state index contributed by atoms with van der Waals surface area (Å²) in [6.45, 7) is 3.21. The molecule has 0 aromatic heterocycles. The van der Waals surface area contributed by atoms with Crippen molar-refractivity contribution in [3.05, 3.63) is 0 Å². The standard InChI is InChI=1S/C15H31NO5/c1-2-3-4-5-6-14(19)13-16(9-11-17,10-12-18)8-7-15(20)21/h14,17-19H,2-13H2,1H3. The van der Waals surface area contributed by atoms with Gasteiger partial charge < -0.3 is 29.7 Å². The molecule has 1 unspecified atom stereocenters. The van der Waals surface area contributed by atoms with Gasteiger partial charge in [-0.2, -0.15) is 0 Å². The zero-order chi connectivity index (χ0) is 16.1. The maximum Gasteiger partial charge on any atom is 0.105 e. The first kappa shape index (κ1) is 20.3. The third-order valence-electron chi connectivity index (χ3n) is 3.93. The van der Waals surface area contributed by atoms with Gasteiger partial charge in [-0.3, -0.25) is 0 Å². The van der Waals surface area contributed by atoms with E-state index in [0.29, 0.717) is 26.1 Å². The smallest absolute Gasteiger partial charge is 0.105 e. The molecule has 0 spiro atoms. The van der Waals surface area contributed by atoms with Gasteiger partial charge in [0.05, 0.1) is 19.8 Å². The quantitative estimate of drug-likeness (QED) is 0.290. The monoisotopic (exact) mass is 305 g/mol. The van der Waals surface area contributed by atoms with Crippen molar-refractivity contribution in [2.24, 2.45) is 0 Å². The van der Waals surface area contributed by atoms with Crippen LogP contribution in [0.4, 0.5) is 0 Å². The Kier molecular flexibility index (Phi) is 11.5. The molecule has 0 amide bonds. The van der Waals surface area contributed by atoms with Crippen LogP contribution in [0.15, 0.2) is 0 Å². The van der Waals surface area contributed by atoms with Gasteiger partial charge in [-0.25, -0.2) is 0 Å². The van der Waals surface area contributed by atoms with Gasteiger partial charge in [0.15, 0.2) is 0 Å². The van der Waals surface area contributed by atoms with Gasteiger partial charge in [0, 0.05) is 12.4 Å². The third-order valence-corrected chi connectivity index (χ3v) is 3.93. The highest BCUT2D eigenvalue weighted by Crippen LogP contribution is 2.14. The Balaban J connectivity index is 4.49. The van der Waals surface area contributed by atoms with Crippen molar-refractivity contribution in [3.63, 3.8) is 0 Å². The summed E-state index contributed by atoms with van der Waals surface area (Å²) in [5.41, 5.74) is 0. The zero-order valence-electron chi connectivity index (χ0n) is 13.2. The first-order valence-electron chi connectivity index (χ1n) is 7.94. The summed E-state index contributed by atoms with van der Waals surface area (Å²) in [5, 5.41) is 39.3. The fraction of sp³-hybridized carbons (Fsp3) is 0.933. The van der Waals surface area contributed by atoms with Crippen LogP contribution in [0.5, 0.6) is 0 Å². The van der Waals surface area contributed by atoms with E-state index in [4.69, 9.17) is 0 Å². The number of hydrogen-bond donors (Lipinski definition) is 3. The predicted molar refractivity (Wildman–Crippen MR) is 78.3 cm³/mol. The highest BCUT2D eigenvalue weighted by Gasteiger charge is 2.29. The number of carboxylic acids is 1. The van der Waals surface area contributed by atoms with Gasteiger partial charge in [0.2, 0.25) is 0 Å². The summed E-state index contributed by atoms with van der Waals surface area (Å²) in [6, 6.07) is 0. The lowest BCUT2D eigenvalue weighted by Gasteiger charge is -2.39. The highest BCUT2D eigenvalue weighted by atomic mass is 16.4. The summed E-state index contributed by atoms with van der Waals surface area (Å²) < 4.78 is 0.218. The minimum Gasteiger partial charge on any atom is -0.550 e. The molecule has 21 heavy (non-hydrogen) atoms. The molecule has 0 aromatic rings. The lowest BCUT2D eigenvalue weighted by atomic mass is 10.1. The van der Waals surface area contributed by atoms with Crippen LogP contribution in [0.1, 0.15) is 45.4 Å². The maximum atomic E-state index is 10.7. The number of unbranched alkanes of at least 4 members (excludes halogenated alkanes) is 3. The van der Waals surface area contributed by atoms with Gasteiger partial charge in [0.25, 0.3) is 0 Å². The Morgan fingerprint density at radius 1 is 1.10 bits per heavy atom.